The number of nitrogens with one attached hydrogen (secondary N) is 2. The molecule has 2 N–H and O–H groups in total. The first-order valence-corrected chi connectivity index (χ1v) is 11.2. The third-order valence-corrected chi connectivity index (χ3v) is 5.63. The SMILES string of the molecule is CCOc1ccc(-c2nc3n(n2)C(c2ccc(F)cc2)C(C(=O)Nc2cccnc2)=C(C)N3)cc1. The highest BCUT2D eigenvalue weighted by Crippen LogP contribution is 2.37. The number of halogens is 1. The molecular weight excluding hydrogens is 447 g/mol. The quantitative estimate of drug-likeness (QED) is 0.420. The number of benzene rings is 2. The summed E-state index contributed by atoms with van der Waals surface area (Å²) in [5.74, 6) is 1.05. The Kier molecular flexibility index (Phi) is 5.97. The van der Waals surface area contributed by atoms with E-state index in [0.29, 0.717) is 40.9 Å². The second kappa shape index (κ2) is 9.38. The van der Waals surface area contributed by atoms with Crippen LogP contribution in [0.5, 0.6) is 5.75 Å². The highest BCUT2D eigenvalue weighted by molar-refractivity contribution is 6.05. The molecule has 5 rings (SSSR count). The van der Waals surface area contributed by atoms with E-state index >= 15 is 0 Å². The number of carbonyl (C=O) groups excluding carboxylic acids is 1. The third kappa shape index (κ3) is 4.48. The van der Waals surface area contributed by atoms with Crippen molar-refractivity contribution >= 4 is 17.5 Å². The first-order chi connectivity index (χ1) is 17.0. The Morgan fingerprint density at radius 2 is 1.91 bits per heavy atom. The van der Waals surface area contributed by atoms with Crippen molar-refractivity contribution in [3.8, 4) is 17.1 Å². The van der Waals surface area contributed by atoms with Gasteiger partial charge in [0.2, 0.25) is 5.95 Å². The molecule has 4 aromatic rings. The smallest absolute Gasteiger partial charge is 0.255 e. The minimum absolute atomic E-state index is 0.318. The van der Waals surface area contributed by atoms with Gasteiger partial charge in [0.1, 0.15) is 17.6 Å². The molecule has 1 aliphatic rings. The number of amides is 1. The van der Waals surface area contributed by atoms with Crippen LogP contribution in [0.4, 0.5) is 16.0 Å². The summed E-state index contributed by atoms with van der Waals surface area (Å²) < 4.78 is 20.9. The van der Waals surface area contributed by atoms with Gasteiger partial charge in [-0.05, 0) is 67.9 Å². The zero-order valence-electron chi connectivity index (χ0n) is 19.2. The molecule has 0 aliphatic carbocycles. The van der Waals surface area contributed by atoms with Gasteiger partial charge < -0.3 is 15.4 Å². The van der Waals surface area contributed by atoms with Crippen LogP contribution in [-0.2, 0) is 4.79 Å². The van der Waals surface area contributed by atoms with Crippen LogP contribution in [0.15, 0.2) is 84.3 Å². The third-order valence-electron chi connectivity index (χ3n) is 5.63. The fourth-order valence-electron chi connectivity index (χ4n) is 4.02. The van der Waals surface area contributed by atoms with Crippen LogP contribution >= 0.6 is 0 Å². The normalized spacial score (nSPS) is 14.8. The standard InChI is InChI=1S/C26H23FN6O2/c1-3-35-21-12-8-18(9-13-21)24-31-26-29-16(2)22(25(34)30-20-5-4-14-28-15-20)23(33(26)32-24)17-6-10-19(27)11-7-17/h4-15,23H,3H2,1-2H3,(H,30,34)(H,29,31,32). The summed E-state index contributed by atoms with van der Waals surface area (Å²) in [6.07, 6.45) is 3.20. The van der Waals surface area contributed by atoms with Gasteiger partial charge in [0, 0.05) is 17.5 Å². The van der Waals surface area contributed by atoms with Gasteiger partial charge >= 0.3 is 0 Å². The van der Waals surface area contributed by atoms with Crippen molar-refractivity contribution in [1.82, 2.24) is 19.7 Å². The van der Waals surface area contributed by atoms with Crippen LogP contribution in [0, 0.1) is 5.82 Å². The van der Waals surface area contributed by atoms with Crippen molar-refractivity contribution in [2.75, 3.05) is 17.2 Å². The Balaban J connectivity index is 1.56. The molecule has 0 spiro atoms. The summed E-state index contributed by atoms with van der Waals surface area (Å²) in [5, 5.41) is 10.8. The molecule has 9 heteroatoms. The lowest BCUT2D eigenvalue weighted by Crippen LogP contribution is -2.31. The molecule has 3 heterocycles. The predicted octanol–water partition coefficient (Wildman–Crippen LogP) is 4.81. The fourth-order valence-corrected chi connectivity index (χ4v) is 4.02. The average Bonchev–Trinajstić information content (AvgIpc) is 3.28. The molecule has 2 aromatic heterocycles. The molecule has 1 unspecified atom stereocenters. The summed E-state index contributed by atoms with van der Waals surface area (Å²) in [5.41, 5.74) is 3.13. The number of nitrogens with zero attached hydrogens (tertiary/aromatic N) is 4. The Hall–Kier alpha value is -4.53. The highest BCUT2D eigenvalue weighted by Gasteiger charge is 2.34. The summed E-state index contributed by atoms with van der Waals surface area (Å²) in [4.78, 5) is 22.2. The molecule has 0 fully saturated rings. The van der Waals surface area contributed by atoms with Gasteiger partial charge in [0.05, 0.1) is 24.1 Å². The van der Waals surface area contributed by atoms with Crippen molar-refractivity contribution < 1.29 is 13.9 Å². The first kappa shape index (κ1) is 22.3. The van der Waals surface area contributed by atoms with E-state index in [9.17, 15) is 9.18 Å². The van der Waals surface area contributed by atoms with E-state index in [1.165, 1.54) is 12.1 Å². The van der Waals surface area contributed by atoms with Crippen LogP contribution in [0.3, 0.4) is 0 Å². The number of carbonyl (C=O) groups is 1. The zero-order valence-corrected chi connectivity index (χ0v) is 19.2. The number of pyridine rings is 1. The molecule has 0 saturated carbocycles. The van der Waals surface area contributed by atoms with E-state index in [-0.39, 0.29) is 11.7 Å². The topological polar surface area (TPSA) is 94.0 Å². The second-order valence-electron chi connectivity index (χ2n) is 7.97. The number of fused-ring (bicyclic) bond motifs is 1. The van der Waals surface area contributed by atoms with Crippen LogP contribution < -0.4 is 15.4 Å². The average molecular weight is 471 g/mol. The van der Waals surface area contributed by atoms with E-state index in [4.69, 9.17) is 9.84 Å². The molecule has 8 nitrogen and oxygen atoms in total. The lowest BCUT2D eigenvalue weighted by molar-refractivity contribution is -0.113. The summed E-state index contributed by atoms with van der Waals surface area (Å²) in [6, 6.07) is 16.4. The van der Waals surface area contributed by atoms with Crippen LogP contribution in [0.1, 0.15) is 25.5 Å². The van der Waals surface area contributed by atoms with E-state index in [1.807, 2.05) is 38.1 Å². The lowest BCUT2D eigenvalue weighted by atomic mass is 9.95. The lowest BCUT2D eigenvalue weighted by Gasteiger charge is -2.28. The molecule has 35 heavy (non-hydrogen) atoms. The molecule has 0 radical (unpaired) electrons. The minimum atomic E-state index is -0.618. The molecular formula is C26H23FN6O2. The van der Waals surface area contributed by atoms with Crippen LogP contribution in [0.2, 0.25) is 0 Å². The molecule has 0 saturated heterocycles. The number of rotatable bonds is 6. The van der Waals surface area contributed by atoms with Gasteiger partial charge in [-0.2, -0.15) is 4.98 Å². The van der Waals surface area contributed by atoms with E-state index in [2.05, 4.69) is 20.6 Å². The Bertz CT molecular complexity index is 1380. The number of hydrogen-bond acceptors (Lipinski definition) is 6. The predicted molar refractivity (Wildman–Crippen MR) is 130 cm³/mol. The number of anilines is 2. The van der Waals surface area contributed by atoms with Crippen molar-refractivity contribution in [3.05, 3.63) is 95.7 Å². The zero-order chi connectivity index (χ0) is 24.4. The maximum Gasteiger partial charge on any atom is 0.255 e. The van der Waals surface area contributed by atoms with Gasteiger partial charge in [-0.3, -0.25) is 9.78 Å². The number of ether oxygens (including phenoxy) is 1. The summed E-state index contributed by atoms with van der Waals surface area (Å²) in [7, 11) is 0. The number of hydrogen-bond donors (Lipinski definition) is 2. The van der Waals surface area contributed by atoms with Gasteiger partial charge in [-0.15, -0.1) is 5.10 Å². The summed E-state index contributed by atoms with van der Waals surface area (Å²) in [6.45, 7) is 4.31. The fraction of sp³-hybridized carbons (Fsp3) is 0.154. The van der Waals surface area contributed by atoms with Crippen molar-refractivity contribution in [2.45, 2.75) is 19.9 Å². The van der Waals surface area contributed by atoms with Crippen molar-refractivity contribution in [2.24, 2.45) is 0 Å². The molecule has 176 valence electrons. The minimum Gasteiger partial charge on any atom is -0.494 e. The molecule has 0 bridgehead atoms. The Morgan fingerprint density at radius 3 is 2.60 bits per heavy atom. The monoisotopic (exact) mass is 470 g/mol. The summed E-state index contributed by atoms with van der Waals surface area (Å²) >= 11 is 0. The highest BCUT2D eigenvalue weighted by atomic mass is 19.1. The van der Waals surface area contributed by atoms with Gasteiger partial charge in [0.15, 0.2) is 5.82 Å². The van der Waals surface area contributed by atoms with Gasteiger partial charge in [-0.25, -0.2) is 9.07 Å². The maximum absolute atomic E-state index is 13.7. The largest absolute Gasteiger partial charge is 0.494 e. The maximum atomic E-state index is 13.7. The van der Waals surface area contributed by atoms with E-state index in [1.54, 1.807) is 41.3 Å². The number of allylic oxidation sites excluding steroid dienone is 1. The molecule has 1 atom stereocenters. The van der Waals surface area contributed by atoms with Crippen molar-refractivity contribution in [3.63, 3.8) is 0 Å². The van der Waals surface area contributed by atoms with E-state index in [0.717, 1.165) is 11.3 Å². The van der Waals surface area contributed by atoms with E-state index < -0.39 is 6.04 Å². The van der Waals surface area contributed by atoms with Crippen LogP contribution in [0.25, 0.3) is 11.4 Å². The Labute approximate surface area is 201 Å². The number of aromatic nitrogens is 4. The molecule has 1 aliphatic heterocycles. The second-order valence-corrected chi connectivity index (χ2v) is 7.97. The molecule has 2 aromatic carbocycles. The first-order valence-electron chi connectivity index (χ1n) is 11.2. The van der Waals surface area contributed by atoms with Crippen molar-refractivity contribution in [1.29, 1.82) is 0 Å². The van der Waals surface area contributed by atoms with Crippen LogP contribution in [-0.4, -0.2) is 32.3 Å². The van der Waals surface area contributed by atoms with Gasteiger partial charge in [0.25, 0.3) is 5.91 Å². The molecule has 1 amide bonds. The van der Waals surface area contributed by atoms with Gasteiger partial charge in [-0.1, -0.05) is 12.1 Å². The Morgan fingerprint density at radius 1 is 1.14 bits per heavy atom.